The summed E-state index contributed by atoms with van der Waals surface area (Å²) in [6.07, 6.45) is 5.79. The summed E-state index contributed by atoms with van der Waals surface area (Å²) in [4.78, 5) is 16.5. The van der Waals surface area contributed by atoms with Crippen LogP contribution in [0.2, 0.25) is 0 Å². The molecule has 1 aromatic heterocycles. The lowest BCUT2D eigenvalue weighted by atomic mass is 9.99. The number of rotatable bonds is 8. The Labute approximate surface area is 126 Å². The fraction of sp³-hybridized carbons (Fsp3) is 0.625. The first kappa shape index (κ1) is 15.8. The van der Waals surface area contributed by atoms with Crippen LogP contribution in [-0.4, -0.2) is 30.2 Å². The number of hydrogen-bond acceptors (Lipinski definition) is 4. The summed E-state index contributed by atoms with van der Waals surface area (Å²) in [5.74, 6) is 0.777. The van der Waals surface area contributed by atoms with Gasteiger partial charge < -0.3 is 14.8 Å². The highest BCUT2D eigenvalue weighted by atomic mass is 16.5. The Hall–Kier alpha value is -1.62. The van der Waals surface area contributed by atoms with E-state index in [0.717, 1.165) is 25.7 Å². The van der Waals surface area contributed by atoms with E-state index >= 15 is 0 Å². The second-order valence-electron chi connectivity index (χ2n) is 5.63. The van der Waals surface area contributed by atoms with Crippen LogP contribution in [0.1, 0.15) is 39.5 Å². The third-order valence-electron chi connectivity index (χ3n) is 3.97. The number of anilines is 1. The molecule has 5 heteroatoms. The molecule has 0 unspecified atom stereocenters. The van der Waals surface area contributed by atoms with Crippen molar-refractivity contribution in [2.75, 3.05) is 19.0 Å². The number of ether oxygens (including phenoxy) is 2. The van der Waals surface area contributed by atoms with Crippen LogP contribution in [0.3, 0.4) is 0 Å². The van der Waals surface area contributed by atoms with Crippen LogP contribution in [-0.2, 0) is 9.53 Å². The summed E-state index contributed by atoms with van der Waals surface area (Å²) in [5, 5.41) is 2.87. The molecule has 1 aliphatic carbocycles. The highest BCUT2D eigenvalue weighted by molar-refractivity contribution is 5.97. The number of nitrogens with zero attached hydrogens (tertiary/aromatic N) is 1. The van der Waals surface area contributed by atoms with Gasteiger partial charge in [0.25, 0.3) is 5.91 Å². The maximum Gasteiger partial charge on any atom is 0.256 e. The number of methoxy groups -OCH3 is 1. The lowest BCUT2D eigenvalue weighted by molar-refractivity contribution is -0.138. The van der Waals surface area contributed by atoms with Crippen molar-refractivity contribution in [1.82, 2.24) is 4.98 Å². The Balaban J connectivity index is 1.92. The van der Waals surface area contributed by atoms with Crippen molar-refractivity contribution in [3.63, 3.8) is 0 Å². The number of carbonyl (C=O) groups is 1. The molecule has 1 aliphatic rings. The van der Waals surface area contributed by atoms with Crippen molar-refractivity contribution in [1.29, 1.82) is 0 Å². The Kier molecular flexibility index (Phi) is 5.17. The number of amides is 1. The van der Waals surface area contributed by atoms with E-state index in [-0.39, 0.29) is 5.91 Å². The summed E-state index contributed by atoms with van der Waals surface area (Å²) < 4.78 is 10.9. The van der Waals surface area contributed by atoms with E-state index in [1.807, 2.05) is 6.92 Å². The van der Waals surface area contributed by atoms with Crippen LogP contribution < -0.4 is 10.1 Å². The van der Waals surface area contributed by atoms with Crippen LogP contribution >= 0.6 is 0 Å². The van der Waals surface area contributed by atoms with Gasteiger partial charge in [-0.2, -0.15) is 0 Å². The number of pyridine rings is 1. The van der Waals surface area contributed by atoms with E-state index in [4.69, 9.17) is 9.47 Å². The van der Waals surface area contributed by atoms with Crippen LogP contribution in [0.15, 0.2) is 18.3 Å². The molecule has 0 radical (unpaired) electrons. The van der Waals surface area contributed by atoms with E-state index < -0.39 is 5.60 Å². The average molecular weight is 292 g/mol. The summed E-state index contributed by atoms with van der Waals surface area (Å²) in [5.41, 5.74) is -0.0946. The van der Waals surface area contributed by atoms with Gasteiger partial charge in [-0.1, -0.05) is 13.3 Å². The molecule has 1 fully saturated rings. The largest absolute Gasteiger partial charge is 0.478 e. The fourth-order valence-corrected chi connectivity index (χ4v) is 2.19. The molecule has 1 heterocycles. The second-order valence-corrected chi connectivity index (χ2v) is 5.63. The second kappa shape index (κ2) is 6.89. The molecule has 1 saturated carbocycles. The molecule has 1 N–H and O–H groups in total. The highest BCUT2D eigenvalue weighted by Crippen LogP contribution is 2.42. The SMILES string of the molecule is CCCCOc1ccc(NC(=O)[C@@](C)(OC)C2CC2)cn1. The molecule has 5 nitrogen and oxygen atoms in total. The summed E-state index contributed by atoms with van der Waals surface area (Å²) in [7, 11) is 1.58. The molecule has 0 aromatic carbocycles. The molecule has 0 bridgehead atoms. The predicted octanol–water partition coefficient (Wildman–Crippen LogP) is 3.01. The van der Waals surface area contributed by atoms with Gasteiger partial charge in [0, 0.05) is 13.2 Å². The normalized spacial score (nSPS) is 17.1. The third kappa shape index (κ3) is 3.94. The van der Waals surface area contributed by atoms with Gasteiger partial charge >= 0.3 is 0 Å². The summed E-state index contributed by atoms with van der Waals surface area (Å²) in [6, 6.07) is 3.57. The van der Waals surface area contributed by atoms with Gasteiger partial charge in [0.05, 0.1) is 18.5 Å². The number of carbonyl (C=O) groups excluding carboxylic acids is 1. The van der Waals surface area contributed by atoms with Gasteiger partial charge in [0.1, 0.15) is 5.60 Å². The quantitative estimate of drug-likeness (QED) is 0.748. The molecule has 21 heavy (non-hydrogen) atoms. The lowest BCUT2D eigenvalue weighted by Crippen LogP contribution is -2.44. The molecule has 0 aliphatic heterocycles. The van der Waals surface area contributed by atoms with Crippen LogP contribution in [0, 0.1) is 5.92 Å². The van der Waals surface area contributed by atoms with E-state index in [1.165, 1.54) is 0 Å². The Morgan fingerprint density at radius 3 is 2.76 bits per heavy atom. The molecular formula is C16H24N2O3. The predicted molar refractivity (Wildman–Crippen MR) is 81.4 cm³/mol. The zero-order valence-corrected chi connectivity index (χ0v) is 13.0. The van der Waals surface area contributed by atoms with Crippen molar-refractivity contribution >= 4 is 11.6 Å². The molecule has 2 rings (SSSR count). The molecule has 1 aromatic rings. The topological polar surface area (TPSA) is 60.5 Å². The zero-order valence-electron chi connectivity index (χ0n) is 13.0. The van der Waals surface area contributed by atoms with E-state index in [0.29, 0.717) is 24.1 Å². The maximum absolute atomic E-state index is 12.3. The van der Waals surface area contributed by atoms with Gasteiger partial charge in [0.15, 0.2) is 0 Å². The first-order valence-electron chi connectivity index (χ1n) is 7.55. The Bertz CT molecular complexity index is 471. The first-order valence-corrected chi connectivity index (χ1v) is 7.55. The van der Waals surface area contributed by atoms with Gasteiger partial charge in [-0.3, -0.25) is 4.79 Å². The molecule has 116 valence electrons. The molecular weight excluding hydrogens is 268 g/mol. The summed E-state index contributed by atoms with van der Waals surface area (Å²) >= 11 is 0. The van der Waals surface area contributed by atoms with Crippen LogP contribution in [0.4, 0.5) is 5.69 Å². The van der Waals surface area contributed by atoms with Crippen LogP contribution in [0.5, 0.6) is 5.88 Å². The van der Waals surface area contributed by atoms with Crippen molar-refractivity contribution in [2.45, 2.75) is 45.1 Å². The smallest absolute Gasteiger partial charge is 0.256 e. The lowest BCUT2D eigenvalue weighted by Gasteiger charge is -2.26. The maximum atomic E-state index is 12.3. The number of hydrogen-bond donors (Lipinski definition) is 1. The van der Waals surface area contributed by atoms with E-state index in [1.54, 1.807) is 25.4 Å². The van der Waals surface area contributed by atoms with Crippen LogP contribution in [0.25, 0.3) is 0 Å². The van der Waals surface area contributed by atoms with Gasteiger partial charge in [0.2, 0.25) is 5.88 Å². The van der Waals surface area contributed by atoms with E-state index in [9.17, 15) is 4.79 Å². The Morgan fingerprint density at radius 2 is 2.24 bits per heavy atom. The molecule has 0 spiro atoms. The van der Waals surface area contributed by atoms with Crippen molar-refractivity contribution in [3.05, 3.63) is 18.3 Å². The van der Waals surface area contributed by atoms with E-state index in [2.05, 4.69) is 17.2 Å². The number of unbranched alkanes of at least 4 members (excludes halogenated alkanes) is 1. The minimum atomic E-state index is -0.754. The molecule has 1 amide bonds. The first-order chi connectivity index (χ1) is 10.1. The minimum Gasteiger partial charge on any atom is -0.478 e. The Morgan fingerprint density at radius 1 is 1.48 bits per heavy atom. The minimum absolute atomic E-state index is 0.117. The van der Waals surface area contributed by atoms with Crippen molar-refractivity contribution in [3.8, 4) is 5.88 Å². The van der Waals surface area contributed by atoms with Gasteiger partial charge in [-0.25, -0.2) is 4.98 Å². The highest BCUT2D eigenvalue weighted by Gasteiger charge is 2.47. The number of aromatic nitrogens is 1. The fourth-order valence-electron chi connectivity index (χ4n) is 2.19. The van der Waals surface area contributed by atoms with Gasteiger partial charge in [-0.05, 0) is 38.2 Å². The average Bonchev–Trinajstić information content (AvgIpc) is 3.33. The van der Waals surface area contributed by atoms with Crippen molar-refractivity contribution in [2.24, 2.45) is 5.92 Å². The third-order valence-corrected chi connectivity index (χ3v) is 3.97. The van der Waals surface area contributed by atoms with Crippen molar-refractivity contribution < 1.29 is 14.3 Å². The molecule has 0 saturated heterocycles. The monoisotopic (exact) mass is 292 g/mol. The summed E-state index contributed by atoms with van der Waals surface area (Å²) in [6.45, 7) is 4.62. The van der Waals surface area contributed by atoms with Gasteiger partial charge in [-0.15, -0.1) is 0 Å². The molecule has 1 atom stereocenters. The number of nitrogens with one attached hydrogen (secondary N) is 1. The standard InChI is InChI=1S/C16H24N2O3/c1-4-5-10-21-14-9-8-13(11-17-14)18-15(19)16(2,20-3)12-6-7-12/h8-9,11-12H,4-7,10H2,1-3H3,(H,18,19)/t16-/m0/s1. The zero-order chi connectivity index (χ0) is 15.3.